The van der Waals surface area contributed by atoms with Gasteiger partial charge in [-0.1, -0.05) is 24.3 Å². The molecular formula is C28H37N5O6. The molecule has 2 amide bonds. The summed E-state index contributed by atoms with van der Waals surface area (Å²) in [5.74, 6) is -1.23. The first-order valence-electron chi connectivity index (χ1n) is 13.5. The van der Waals surface area contributed by atoms with Crippen molar-refractivity contribution in [3.05, 3.63) is 47.8 Å². The van der Waals surface area contributed by atoms with Crippen molar-refractivity contribution in [2.45, 2.75) is 64.0 Å². The summed E-state index contributed by atoms with van der Waals surface area (Å²) in [6.45, 7) is 3.35. The first-order chi connectivity index (χ1) is 18.8. The van der Waals surface area contributed by atoms with E-state index in [2.05, 4.69) is 10.3 Å². The number of nitrogens with zero attached hydrogens (tertiary/aromatic N) is 5. The number of unbranched alkanes of at least 4 members (excludes halogenated alkanes) is 1. The lowest BCUT2D eigenvalue weighted by molar-refractivity contribution is -0.140. The number of carbonyl (C=O) groups is 3. The monoisotopic (exact) mass is 539 g/mol. The molecule has 2 aromatic rings. The summed E-state index contributed by atoms with van der Waals surface area (Å²) in [6, 6.07) is 5.40. The Labute approximate surface area is 228 Å². The first kappa shape index (κ1) is 28.4. The number of anilines is 2. The molecule has 0 unspecified atom stereocenters. The maximum absolute atomic E-state index is 13.8. The molecule has 4 rings (SSSR count). The fourth-order valence-electron chi connectivity index (χ4n) is 5.21. The second-order valence-electron chi connectivity index (χ2n) is 10.1. The third-order valence-electron chi connectivity index (χ3n) is 7.44. The van der Waals surface area contributed by atoms with Crippen LogP contribution in [0, 0.1) is 5.92 Å². The van der Waals surface area contributed by atoms with Crippen LogP contribution in [0.5, 0.6) is 0 Å². The van der Waals surface area contributed by atoms with Gasteiger partial charge in [-0.3, -0.25) is 19.1 Å². The van der Waals surface area contributed by atoms with E-state index in [1.807, 2.05) is 18.2 Å². The van der Waals surface area contributed by atoms with Gasteiger partial charge >= 0.3 is 5.97 Å². The Morgan fingerprint density at radius 3 is 2.79 bits per heavy atom. The number of ether oxygens (including phenoxy) is 1. The molecule has 11 nitrogen and oxygen atoms in total. The Bertz CT molecular complexity index is 1230. The lowest BCUT2D eigenvalue weighted by atomic mass is 9.82. The number of methoxy groups -OCH3 is 1. The standard InChI is InChI=1S/C28H37N5O6/c1-20(8-3-5-14-31-19-21(13-17-34)29-30-31)28(38)23-18-22(32-16-7-9-25(32)35)11-12-24(23)33(27(28)37)15-6-4-10-26(36)39-2/h3,8,11-12,18-20,34,38H,4-7,9-10,13-17H2,1-2H3/b8-3+/t20-,28+/m1/s1. The maximum Gasteiger partial charge on any atom is 0.305 e. The molecule has 0 radical (unpaired) electrons. The molecule has 3 heterocycles. The molecule has 210 valence electrons. The van der Waals surface area contributed by atoms with Crippen LogP contribution >= 0.6 is 0 Å². The predicted octanol–water partition coefficient (Wildman–Crippen LogP) is 2.10. The van der Waals surface area contributed by atoms with Gasteiger partial charge in [0.15, 0.2) is 5.60 Å². The number of aliphatic hydroxyl groups is 2. The average Bonchev–Trinajstić information content (AvgIpc) is 3.63. The number of amides is 2. The molecule has 0 bridgehead atoms. The number of aryl methyl sites for hydroxylation is 1. The van der Waals surface area contributed by atoms with Crippen molar-refractivity contribution in [1.82, 2.24) is 15.0 Å². The largest absolute Gasteiger partial charge is 0.469 e. The molecule has 0 saturated carbocycles. The van der Waals surface area contributed by atoms with Gasteiger partial charge in [-0.2, -0.15) is 0 Å². The van der Waals surface area contributed by atoms with E-state index in [0.29, 0.717) is 68.7 Å². The molecule has 11 heteroatoms. The first-order valence-corrected chi connectivity index (χ1v) is 13.5. The molecule has 0 aliphatic carbocycles. The molecule has 2 aliphatic heterocycles. The molecule has 1 fully saturated rings. The number of hydrogen-bond donors (Lipinski definition) is 2. The highest BCUT2D eigenvalue weighted by Gasteiger charge is 2.52. The van der Waals surface area contributed by atoms with Gasteiger partial charge in [-0.05, 0) is 43.9 Å². The summed E-state index contributed by atoms with van der Waals surface area (Å²) in [4.78, 5) is 40.9. The molecular weight excluding hydrogens is 502 g/mol. The Balaban J connectivity index is 1.53. The minimum absolute atomic E-state index is 0.0140. The molecule has 0 spiro atoms. The quantitative estimate of drug-likeness (QED) is 0.224. The van der Waals surface area contributed by atoms with E-state index in [4.69, 9.17) is 9.84 Å². The van der Waals surface area contributed by atoms with Gasteiger partial charge < -0.3 is 24.7 Å². The van der Waals surface area contributed by atoms with Crippen molar-refractivity contribution in [1.29, 1.82) is 0 Å². The van der Waals surface area contributed by atoms with Gasteiger partial charge in [0.1, 0.15) is 0 Å². The maximum atomic E-state index is 13.8. The second-order valence-corrected chi connectivity index (χ2v) is 10.1. The van der Waals surface area contributed by atoms with Crippen LogP contribution in [0.2, 0.25) is 0 Å². The van der Waals surface area contributed by atoms with E-state index >= 15 is 0 Å². The Kier molecular flexibility index (Phi) is 9.13. The van der Waals surface area contributed by atoms with E-state index in [0.717, 1.165) is 12.1 Å². The molecule has 39 heavy (non-hydrogen) atoms. The van der Waals surface area contributed by atoms with E-state index in [1.165, 1.54) is 7.11 Å². The topological polar surface area (TPSA) is 138 Å². The zero-order valence-electron chi connectivity index (χ0n) is 22.6. The van der Waals surface area contributed by atoms with Crippen molar-refractivity contribution < 1.29 is 29.3 Å². The lowest BCUT2D eigenvalue weighted by Crippen LogP contribution is -2.44. The number of carbonyl (C=O) groups excluding carboxylic acids is 3. The number of hydrogen-bond acceptors (Lipinski definition) is 8. The van der Waals surface area contributed by atoms with E-state index in [9.17, 15) is 19.5 Å². The van der Waals surface area contributed by atoms with E-state index in [1.54, 1.807) is 39.7 Å². The van der Waals surface area contributed by atoms with Crippen LogP contribution in [0.3, 0.4) is 0 Å². The molecule has 1 saturated heterocycles. The fraction of sp³-hybridized carbons (Fsp3) is 0.536. The minimum Gasteiger partial charge on any atom is -0.469 e. The van der Waals surface area contributed by atoms with Crippen LogP contribution in [0.4, 0.5) is 11.4 Å². The zero-order valence-corrected chi connectivity index (χ0v) is 22.6. The Morgan fingerprint density at radius 1 is 1.26 bits per heavy atom. The lowest BCUT2D eigenvalue weighted by Gasteiger charge is -2.28. The summed E-state index contributed by atoms with van der Waals surface area (Å²) in [7, 11) is 1.35. The van der Waals surface area contributed by atoms with Crippen LogP contribution in [-0.2, 0) is 37.7 Å². The third-order valence-corrected chi connectivity index (χ3v) is 7.44. The number of rotatable bonds is 13. The van der Waals surface area contributed by atoms with Crippen molar-refractivity contribution in [3.63, 3.8) is 0 Å². The Hall–Kier alpha value is -3.57. The van der Waals surface area contributed by atoms with Gasteiger partial charge in [0.25, 0.3) is 5.91 Å². The second kappa shape index (κ2) is 12.5. The van der Waals surface area contributed by atoms with Crippen LogP contribution in [0.25, 0.3) is 0 Å². The highest BCUT2D eigenvalue weighted by atomic mass is 16.5. The van der Waals surface area contributed by atoms with Crippen LogP contribution in [-0.4, -0.2) is 69.8 Å². The SMILES string of the molecule is COC(=O)CCCCN1C(=O)[C@](O)([C@H](C)/C=C/CCn2cc(CCO)nn2)c2cc(N3CCCC3=O)ccc21. The average molecular weight is 540 g/mol. The highest BCUT2D eigenvalue weighted by molar-refractivity contribution is 6.08. The summed E-state index contributed by atoms with van der Waals surface area (Å²) in [5.41, 5.74) is 0.705. The van der Waals surface area contributed by atoms with Crippen molar-refractivity contribution in [2.24, 2.45) is 5.92 Å². The molecule has 2 N–H and O–H groups in total. The van der Waals surface area contributed by atoms with Crippen LogP contribution < -0.4 is 9.80 Å². The number of fused-ring (bicyclic) bond motifs is 1. The number of benzene rings is 1. The Morgan fingerprint density at radius 2 is 2.08 bits per heavy atom. The number of aliphatic hydroxyl groups excluding tert-OH is 1. The van der Waals surface area contributed by atoms with Crippen molar-refractivity contribution in [2.75, 3.05) is 36.6 Å². The normalized spacial score (nSPS) is 19.8. The smallest absolute Gasteiger partial charge is 0.305 e. The predicted molar refractivity (Wildman–Crippen MR) is 144 cm³/mol. The number of allylic oxidation sites excluding steroid dienone is 1. The number of aromatic nitrogens is 3. The van der Waals surface area contributed by atoms with E-state index < -0.39 is 17.4 Å². The molecule has 1 aromatic carbocycles. The number of esters is 1. The fourth-order valence-corrected chi connectivity index (χ4v) is 5.21. The molecule has 2 atom stereocenters. The van der Waals surface area contributed by atoms with E-state index in [-0.39, 0.29) is 24.9 Å². The highest BCUT2D eigenvalue weighted by Crippen LogP contribution is 2.47. The van der Waals surface area contributed by atoms with Crippen LogP contribution in [0.15, 0.2) is 36.5 Å². The summed E-state index contributed by atoms with van der Waals surface area (Å²) >= 11 is 0. The summed E-state index contributed by atoms with van der Waals surface area (Å²) in [6.07, 6.45) is 9.25. The van der Waals surface area contributed by atoms with Gasteiger partial charge in [0, 0.05) is 68.9 Å². The van der Waals surface area contributed by atoms with Crippen molar-refractivity contribution >= 4 is 29.2 Å². The summed E-state index contributed by atoms with van der Waals surface area (Å²) in [5, 5.41) is 29.1. The van der Waals surface area contributed by atoms with Crippen LogP contribution in [0.1, 0.15) is 56.7 Å². The van der Waals surface area contributed by atoms with Gasteiger partial charge in [-0.25, -0.2) is 0 Å². The van der Waals surface area contributed by atoms with Gasteiger partial charge in [0.05, 0.1) is 18.5 Å². The summed E-state index contributed by atoms with van der Waals surface area (Å²) < 4.78 is 6.40. The van der Waals surface area contributed by atoms with Gasteiger partial charge in [-0.15, -0.1) is 5.10 Å². The van der Waals surface area contributed by atoms with Gasteiger partial charge in [0.2, 0.25) is 5.91 Å². The third kappa shape index (κ3) is 6.04. The molecule has 1 aromatic heterocycles. The zero-order chi connectivity index (χ0) is 28.0. The minimum atomic E-state index is -1.80. The van der Waals surface area contributed by atoms with Crippen molar-refractivity contribution in [3.8, 4) is 0 Å². The molecule has 2 aliphatic rings.